The van der Waals surface area contributed by atoms with Gasteiger partial charge in [-0.1, -0.05) is 19.1 Å². The fourth-order valence-electron chi connectivity index (χ4n) is 3.47. The summed E-state index contributed by atoms with van der Waals surface area (Å²) in [6.07, 6.45) is 2.31. The molecule has 1 aliphatic heterocycles. The minimum Gasteiger partial charge on any atom is -0.326 e. The van der Waals surface area contributed by atoms with Crippen molar-refractivity contribution in [2.24, 2.45) is 5.73 Å². The maximum atomic E-state index is 13.5. The Hall–Kier alpha value is -0.970. The highest BCUT2D eigenvalue weighted by molar-refractivity contribution is 5.22. The predicted octanol–water partition coefficient (Wildman–Crippen LogP) is 2.63. The van der Waals surface area contributed by atoms with Crippen molar-refractivity contribution in [1.29, 1.82) is 0 Å². The molecule has 0 aromatic heterocycles. The third-order valence-corrected chi connectivity index (χ3v) is 4.71. The lowest BCUT2D eigenvalue weighted by molar-refractivity contribution is 0.0895. The second-order valence-electron chi connectivity index (χ2n) is 6.19. The van der Waals surface area contributed by atoms with E-state index < -0.39 is 0 Å². The molecule has 118 valence electrons. The van der Waals surface area contributed by atoms with Gasteiger partial charge in [0.1, 0.15) is 5.82 Å². The number of halogens is 1. The standard InChI is InChI=1S/C17H28FN3/c1-4-21-10-8-16(9-11-21)20(3)17(13(2)19)14-6-5-7-15(18)12-14/h5-7,12-13,16-17H,4,8-11,19H2,1-3H3. The number of hydrogen-bond donors (Lipinski definition) is 1. The number of benzene rings is 1. The van der Waals surface area contributed by atoms with Gasteiger partial charge in [-0.3, -0.25) is 4.90 Å². The van der Waals surface area contributed by atoms with Crippen molar-refractivity contribution in [2.75, 3.05) is 26.7 Å². The van der Waals surface area contributed by atoms with Crippen molar-refractivity contribution in [2.45, 2.75) is 44.8 Å². The summed E-state index contributed by atoms with van der Waals surface area (Å²) in [6, 6.07) is 7.42. The molecule has 1 aliphatic rings. The van der Waals surface area contributed by atoms with Gasteiger partial charge < -0.3 is 10.6 Å². The zero-order valence-corrected chi connectivity index (χ0v) is 13.4. The molecule has 1 aromatic carbocycles. The highest BCUT2D eigenvalue weighted by atomic mass is 19.1. The van der Waals surface area contributed by atoms with Gasteiger partial charge in [0.05, 0.1) is 0 Å². The molecule has 0 amide bonds. The van der Waals surface area contributed by atoms with Crippen LogP contribution in [0.3, 0.4) is 0 Å². The molecule has 2 rings (SSSR count). The molecular formula is C17H28FN3. The largest absolute Gasteiger partial charge is 0.326 e. The molecule has 1 heterocycles. The fraction of sp³-hybridized carbons (Fsp3) is 0.647. The van der Waals surface area contributed by atoms with E-state index in [0.29, 0.717) is 6.04 Å². The Balaban J connectivity index is 2.11. The average molecular weight is 293 g/mol. The highest BCUT2D eigenvalue weighted by Crippen LogP contribution is 2.28. The van der Waals surface area contributed by atoms with Crippen LogP contribution in [0.4, 0.5) is 4.39 Å². The summed E-state index contributed by atoms with van der Waals surface area (Å²) in [5, 5.41) is 0. The van der Waals surface area contributed by atoms with E-state index in [2.05, 4.69) is 23.8 Å². The summed E-state index contributed by atoms with van der Waals surface area (Å²) in [6.45, 7) is 7.62. The van der Waals surface area contributed by atoms with E-state index in [9.17, 15) is 4.39 Å². The number of nitrogens with zero attached hydrogens (tertiary/aromatic N) is 2. The van der Waals surface area contributed by atoms with Gasteiger partial charge in [0.2, 0.25) is 0 Å². The van der Waals surface area contributed by atoms with E-state index in [1.165, 1.54) is 6.07 Å². The van der Waals surface area contributed by atoms with Crippen LogP contribution in [-0.4, -0.2) is 48.6 Å². The van der Waals surface area contributed by atoms with Crippen LogP contribution < -0.4 is 5.73 Å². The van der Waals surface area contributed by atoms with Crippen LogP contribution in [0.25, 0.3) is 0 Å². The number of likely N-dealkylation sites (tertiary alicyclic amines) is 1. The van der Waals surface area contributed by atoms with Crippen molar-refractivity contribution in [3.63, 3.8) is 0 Å². The summed E-state index contributed by atoms with van der Waals surface area (Å²) in [5.41, 5.74) is 7.18. The van der Waals surface area contributed by atoms with E-state index in [4.69, 9.17) is 5.73 Å². The van der Waals surface area contributed by atoms with Crippen LogP contribution >= 0.6 is 0 Å². The molecule has 1 aromatic rings. The second-order valence-corrected chi connectivity index (χ2v) is 6.19. The zero-order chi connectivity index (χ0) is 15.4. The SMILES string of the molecule is CCN1CCC(N(C)C(c2cccc(F)c2)C(C)N)CC1. The van der Waals surface area contributed by atoms with E-state index in [-0.39, 0.29) is 17.9 Å². The predicted molar refractivity (Wildman–Crippen MR) is 85.7 cm³/mol. The Bertz CT molecular complexity index is 441. The summed E-state index contributed by atoms with van der Waals surface area (Å²) in [5.74, 6) is -0.188. The summed E-state index contributed by atoms with van der Waals surface area (Å²) in [7, 11) is 2.13. The molecule has 2 unspecified atom stereocenters. The Labute approximate surface area is 127 Å². The molecule has 0 aliphatic carbocycles. The van der Waals surface area contributed by atoms with E-state index in [1.807, 2.05) is 13.0 Å². The van der Waals surface area contributed by atoms with E-state index in [0.717, 1.165) is 38.0 Å². The molecule has 1 saturated heterocycles. The molecule has 0 radical (unpaired) electrons. The third-order valence-electron chi connectivity index (χ3n) is 4.71. The molecular weight excluding hydrogens is 265 g/mol. The first-order valence-corrected chi connectivity index (χ1v) is 7.98. The van der Waals surface area contributed by atoms with Crippen molar-refractivity contribution in [3.8, 4) is 0 Å². The van der Waals surface area contributed by atoms with Gasteiger partial charge in [-0.05, 0) is 64.1 Å². The Kier molecular flexibility index (Phi) is 5.73. The Morgan fingerprint density at radius 1 is 1.38 bits per heavy atom. The molecule has 1 fully saturated rings. The highest BCUT2D eigenvalue weighted by Gasteiger charge is 2.29. The third kappa shape index (κ3) is 4.02. The van der Waals surface area contributed by atoms with Gasteiger partial charge in [-0.15, -0.1) is 0 Å². The van der Waals surface area contributed by atoms with Crippen LogP contribution in [0.1, 0.15) is 38.3 Å². The lowest BCUT2D eigenvalue weighted by atomic mass is 9.95. The molecule has 21 heavy (non-hydrogen) atoms. The van der Waals surface area contributed by atoms with E-state index >= 15 is 0 Å². The average Bonchev–Trinajstić information content (AvgIpc) is 2.47. The lowest BCUT2D eigenvalue weighted by Gasteiger charge is -2.41. The van der Waals surface area contributed by atoms with Crippen molar-refractivity contribution in [1.82, 2.24) is 9.80 Å². The number of rotatable bonds is 5. The number of nitrogens with two attached hydrogens (primary N) is 1. The smallest absolute Gasteiger partial charge is 0.123 e. The van der Waals surface area contributed by atoms with E-state index in [1.54, 1.807) is 12.1 Å². The zero-order valence-electron chi connectivity index (χ0n) is 13.4. The fourth-order valence-corrected chi connectivity index (χ4v) is 3.47. The molecule has 0 spiro atoms. The minimum atomic E-state index is -0.188. The molecule has 3 nitrogen and oxygen atoms in total. The number of piperidine rings is 1. The summed E-state index contributed by atoms with van der Waals surface area (Å²) in [4.78, 5) is 4.83. The van der Waals surface area contributed by atoms with Crippen LogP contribution in [0, 0.1) is 5.82 Å². The first-order valence-electron chi connectivity index (χ1n) is 7.98. The van der Waals surface area contributed by atoms with Gasteiger partial charge in [0, 0.05) is 18.1 Å². The molecule has 4 heteroatoms. The van der Waals surface area contributed by atoms with Crippen molar-refractivity contribution in [3.05, 3.63) is 35.6 Å². The quantitative estimate of drug-likeness (QED) is 0.906. The van der Waals surface area contributed by atoms with Gasteiger partial charge >= 0.3 is 0 Å². The van der Waals surface area contributed by atoms with Gasteiger partial charge in [0.25, 0.3) is 0 Å². The number of hydrogen-bond acceptors (Lipinski definition) is 3. The lowest BCUT2D eigenvalue weighted by Crippen LogP contribution is -2.48. The number of likely N-dealkylation sites (N-methyl/N-ethyl adjacent to an activating group) is 1. The van der Waals surface area contributed by atoms with Gasteiger partial charge in [-0.25, -0.2) is 4.39 Å². The van der Waals surface area contributed by atoms with Crippen LogP contribution in [0.15, 0.2) is 24.3 Å². The van der Waals surface area contributed by atoms with Crippen LogP contribution in [-0.2, 0) is 0 Å². The molecule has 0 saturated carbocycles. The van der Waals surface area contributed by atoms with Gasteiger partial charge in [-0.2, -0.15) is 0 Å². The molecule has 2 N–H and O–H groups in total. The Morgan fingerprint density at radius 3 is 2.57 bits per heavy atom. The van der Waals surface area contributed by atoms with Crippen molar-refractivity contribution < 1.29 is 4.39 Å². The van der Waals surface area contributed by atoms with Crippen LogP contribution in [0.5, 0.6) is 0 Å². The molecule has 2 atom stereocenters. The normalized spacial score (nSPS) is 20.7. The first-order chi connectivity index (χ1) is 10.0. The molecule has 0 bridgehead atoms. The maximum Gasteiger partial charge on any atom is 0.123 e. The topological polar surface area (TPSA) is 32.5 Å². The van der Waals surface area contributed by atoms with Crippen LogP contribution in [0.2, 0.25) is 0 Å². The summed E-state index contributed by atoms with van der Waals surface area (Å²) >= 11 is 0. The van der Waals surface area contributed by atoms with Crippen molar-refractivity contribution >= 4 is 0 Å². The van der Waals surface area contributed by atoms with Gasteiger partial charge in [0.15, 0.2) is 0 Å². The second kappa shape index (κ2) is 7.34. The Morgan fingerprint density at radius 2 is 2.05 bits per heavy atom. The summed E-state index contributed by atoms with van der Waals surface area (Å²) < 4.78 is 13.5. The first kappa shape index (κ1) is 16.4. The maximum absolute atomic E-state index is 13.5. The monoisotopic (exact) mass is 293 g/mol. The minimum absolute atomic E-state index is 0.0268.